The molecule has 0 aliphatic carbocycles. The zero-order valence-electron chi connectivity index (χ0n) is 10.8. The first-order valence-corrected chi connectivity index (χ1v) is 6.04. The average Bonchev–Trinajstić information content (AvgIpc) is 2.99. The van der Waals surface area contributed by atoms with E-state index in [1.54, 1.807) is 26.7 Å². The van der Waals surface area contributed by atoms with E-state index in [1.807, 2.05) is 30.5 Å². The van der Waals surface area contributed by atoms with Gasteiger partial charge in [-0.3, -0.25) is 0 Å². The van der Waals surface area contributed by atoms with E-state index in [2.05, 4.69) is 5.32 Å². The van der Waals surface area contributed by atoms with Crippen LogP contribution in [0.4, 0.5) is 0 Å². The Morgan fingerprint density at radius 2 is 1.95 bits per heavy atom. The van der Waals surface area contributed by atoms with Crippen LogP contribution in [0.5, 0.6) is 11.5 Å². The molecule has 0 spiro atoms. The van der Waals surface area contributed by atoms with Crippen LogP contribution in [0.25, 0.3) is 6.08 Å². The summed E-state index contributed by atoms with van der Waals surface area (Å²) in [6.07, 6.45) is 7.38. The molecule has 1 aromatic carbocycles. The molecule has 4 heteroatoms. The first-order valence-electron chi connectivity index (χ1n) is 6.04. The molecule has 3 rings (SSSR count). The van der Waals surface area contributed by atoms with Gasteiger partial charge in [0.15, 0.2) is 11.5 Å². The molecule has 1 aliphatic rings. The molecule has 1 unspecified atom stereocenters. The molecule has 19 heavy (non-hydrogen) atoms. The molecule has 2 heterocycles. The second-order valence-corrected chi connectivity index (χ2v) is 4.33. The summed E-state index contributed by atoms with van der Waals surface area (Å²) in [6, 6.07) is 6.01. The highest BCUT2D eigenvalue weighted by molar-refractivity contribution is 5.64. The number of hydrogen-bond acceptors (Lipinski definition) is 4. The zero-order valence-corrected chi connectivity index (χ0v) is 10.8. The maximum Gasteiger partial charge on any atom is 0.161 e. The highest BCUT2D eigenvalue weighted by Crippen LogP contribution is 2.37. The van der Waals surface area contributed by atoms with E-state index in [1.165, 1.54) is 0 Å². The van der Waals surface area contributed by atoms with Gasteiger partial charge in [0.2, 0.25) is 0 Å². The first-order chi connectivity index (χ1) is 9.33. The molecule has 0 saturated carbocycles. The highest BCUT2D eigenvalue weighted by Gasteiger charge is 2.22. The van der Waals surface area contributed by atoms with Crippen LogP contribution in [0.15, 0.2) is 41.3 Å². The highest BCUT2D eigenvalue weighted by atomic mass is 16.5. The van der Waals surface area contributed by atoms with Crippen molar-refractivity contribution in [3.05, 3.63) is 53.6 Å². The summed E-state index contributed by atoms with van der Waals surface area (Å²) in [4.78, 5) is 0. The van der Waals surface area contributed by atoms with Gasteiger partial charge in [0.1, 0.15) is 0 Å². The fraction of sp³-hybridized carbons (Fsp3) is 0.200. The Balaban J connectivity index is 2.11. The quantitative estimate of drug-likeness (QED) is 0.918. The van der Waals surface area contributed by atoms with Crippen molar-refractivity contribution in [3.63, 3.8) is 0 Å². The van der Waals surface area contributed by atoms with E-state index in [4.69, 9.17) is 13.9 Å². The molecule has 0 radical (unpaired) electrons. The molecule has 0 saturated heterocycles. The number of furan rings is 1. The molecule has 1 N–H and O–H groups in total. The molecule has 2 aromatic rings. The van der Waals surface area contributed by atoms with Crippen LogP contribution in [0.3, 0.4) is 0 Å². The summed E-state index contributed by atoms with van der Waals surface area (Å²) >= 11 is 0. The fourth-order valence-corrected chi connectivity index (χ4v) is 2.34. The van der Waals surface area contributed by atoms with E-state index in [0.717, 1.165) is 28.2 Å². The third kappa shape index (κ3) is 1.95. The van der Waals surface area contributed by atoms with Gasteiger partial charge in [0, 0.05) is 5.56 Å². The average molecular weight is 257 g/mol. The van der Waals surface area contributed by atoms with Crippen LogP contribution < -0.4 is 14.8 Å². The Labute approximate surface area is 111 Å². The van der Waals surface area contributed by atoms with Crippen LogP contribution in [0, 0.1) is 0 Å². The molecule has 0 amide bonds. The van der Waals surface area contributed by atoms with Gasteiger partial charge in [0.05, 0.1) is 32.8 Å². The van der Waals surface area contributed by atoms with Crippen LogP contribution >= 0.6 is 0 Å². The second kappa shape index (κ2) is 4.72. The normalized spacial score (nSPS) is 16.6. The lowest BCUT2D eigenvalue weighted by Gasteiger charge is -2.24. The summed E-state index contributed by atoms with van der Waals surface area (Å²) in [5.74, 6) is 1.46. The molecular formula is C15H15NO3. The van der Waals surface area contributed by atoms with E-state index >= 15 is 0 Å². The Morgan fingerprint density at radius 1 is 1.16 bits per heavy atom. The van der Waals surface area contributed by atoms with Crippen LogP contribution in [0.2, 0.25) is 0 Å². The van der Waals surface area contributed by atoms with Gasteiger partial charge in [-0.25, -0.2) is 0 Å². The van der Waals surface area contributed by atoms with Crippen molar-refractivity contribution >= 4 is 6.08 Å². The van der Waals surface area contributed by atoms with E-state index in [9.17, 15) is 0 Å². The number of fused-ring (bicyclic) bond motifs is 1. The number of methoxy groups -OCH3 is 2. The van der Waals surface area contributed by atoms with Crippen molar-refractivity contribution in [2.75, 3.05) is 14.2 Å². The van der Waals surface area contributed by atoms with Crippen LogP contribution in [0.1, 0.15) is 22.7 Å². The number of rotatable bonds is 3. The summed E-state index contributed by atoms with van der Waals surface area (Å²) in [5, 5.41) is 3.33. The topological polar surface area (TPSA) is 43.6 Å². The van der Waals surface area contributed by atoms with Gasteiger partial charge in [-0.05, 0) is 41.6 Å². The lowest BCUT2D eigenvalue weighted by molar-refractivity contribution is 0.354. The fourth-order valence-electron chi connectivity index (χ4n) is 2.34. The molecule has 4 nitrogen and oxygen atoms in total. The number of ether oxygens (including phenoxy) is 2. The van der Waals surface area contributed by atoms with Gasteiger partial charge in [-0.1, -0.05) is 0 Å². The Kier molecular flexibility index (Phi) is 2.91. The standard InChI is InChI=1S/C15H15NO3/c1-17-13-7-10-3-5-16-15(11-4-6-19-9-11)12(10)8-14(13)18-2/h3-9,15-16H,1-2H3. The summed E-state index contributed by atoms with van der Waals surface area (Å²) in [5.41, 5.74) is 3.34. The SMILES string of the molecule is COc1cc2c(cc1OC)C(c1ccoc1)NC=C2. The predicted molar refractivity (Wildman–Crippen MR) is 72.3 cm³/mol. The van der Waals surface area contributed by atoms with Gasteiger partial charge in [0.25, 0.3) is 0 Å². The van der Waals surface area contributed by atoms with Crippen molar-refractivity contribution in [2.45, 2.75) is 6.04 Å². The molecule has 1 aromatic heterocycles. The molecule has 98 valence electrons. The van der Waals surface area contributed by atoms with E-state index in [-0.39, 0.29) is 6.04 Å². The number of benzene rings is 1. The largest absolute Gasteiger partial charge is 0.493 e. The second-order valence-electron chi connectivity index (χ2n) is 4.33. The summed E-state index contributed by atoms with van der Waals surface area (Å²) in [7, 11) is 3.28. The van der Waals surface area contributed by atoms with Crippen molar-refractivity contribution in [2.24, 2.45) is 0 Å². The lowest BCUT2D eigenvalue weighted by atomic mass is 9.93. The summed E-state index contributed by atoms with van der Waals surface area (Å²) < 4.78 is 15.9. The van der Waals surface area contributed by atoms with Gasteiger partial charge in [-0.15, -0.1) is 0 Å². The van der Waals surface area contributed by atoms with Crippen LogP contribution in [-0.4, -0.2) is 14.2 Å². The third-order valence-electron chi connectivity index (χ3n) is 3.30. The van der Waals surface area contributed by atoms with Crippen LogP contribution in [-0.2, 0) is 0 Å². The first kappa shape index (κ1) is 11.7. The lowest BCUT2D eigenvalue weighted by Crippen LogP contribution is -2.20. The van der Waals surface area contributed by atoms with Crippen molar-refractivity contribution in [3.8, 4) is 11.5 Å². The number of hydrogen-bond donors (Lipinski definition) is 1. The molecular weight excluding hydrogens is 242 g/mol. The third-order valence-corrected chi connectivity index (χ3v) is 3.30. The van der Waals surface area contributed by atoms with E-state index < -0.39 is 0 Å². The van der Waals surface area contributed by atoms with Crippen molar-refractivity contribution < 1.29 is 13.9 Å². The van der Waals surface area contributed by atoms with Gasteiger partial charge < -0.3 is 19.2 Å². The van der Waals surface area contributed by atoms with Crippen molar-refractivity contribution in [1.82, 2.24) is 5.32 Å². The van der Waals surface area contributed by atoms with Gasteiger partial charge in [-0.2, -0.15) is 0 Å². The monoisotopic (exact) mass is 257 g/mol. The molecule has 0 fully saturated rings. The zero-order chi connectivity index (χ0) is 13.2. The smallest absolute Gasteiger partial charge is 0.161 e. The maximum absolute atomic E-state index is 5.37. The Bertz CT molecular complexity index is 602. The minimum atomic E-state index is 0.0681. The molecule has 0 bridgehead atoms. The molecule has 1 atom stereocenters. The Morgan fingerprint density at radius 3 is 2.63 bits per heavy atom. The minimum absolute atomic E-state index is 0.0681. The van der Waals surface area contributed by atoms with Crippen molar-refractivity contribution in [1.29, 1.82) is 0 Å². The summed E-state index contributed by atoms with van der Waals surface area (Å²) in [6.45, 7) is 0. The predicted octanol–water partition coefficient (Wildman–Crippen LogP) is 2.96. The molecule has 1 aliphatic heterocycles. The Hall–Kier alpha value is -2.36. The minimum Gasteiger partial charge on any atom is -0.493 e. The van der Waals surface area contributed by atoms with Gasteiger partial charge >= 0.3 is 0 Å². The van der Waals surface area contributed by atoms with E-state index in [0.29, 0.717) is 0 Å². The number of nitrogens with one attached hydrogen (secondary N) is 1. The maximum atomic E-state index is 5.37.